The van der Waals surface area contributed by atoms with Gasteiger partial charge in [0.1, 0.15) is 0 Å². The van der Waals surface area contributed by atoms with Crippen LogP contribution in [0.15, 0.2) is 72.8 Å². The van der Waals surface area contributed by atoms with Crippen molar-refractivity contribution in [3.05, 3.63) is 83.9 Å². The Morgan fingerprint density at radius 1 is 0.844 bits per heavy atom. The van der Waals surface area contributed by atoms with Crippen LogP contribution in [0.1, 0.15) is 25.0 Å². The first kappa shape index (κ1) is 22.3. The number of fused-ring (bicyclic) bond motifs is 1. The molecule has 0 aliphatic carbocycles. The van der Waals surface area contributed by atoms with E-state index in [0.29, 0.717) is 13.1 Å². The van der Waals surface area contributed by atoms with Gasteiger partial charge in [0.25, 0.3) is 0 Å². The van der Waals surface area contributed by atoms with Crippen LogP contribution >= 0.6 is 0 Å². The van der Waals surface area contributed by atoms with Crippen LogP contribution in [-0.4, -0.2) is 40.3 Å². The van der Waals surface area contributed by atoms with E-state index in [1.165, 1.54) is 44.4 Å². The van der Waals surface area contributed by atoms with Crippen LogP contribution in [0.25, 0.3) is 33.3 Å². The normalized spacial score (nSPS) is 12.6. The van der Waals surface area contributed by atoms with Gasteiger partial charge in [-0.15, -0.1) is 0 Å². The highest BCUT2D eigenvalue weighted by atomic mass is 16.3. The molecule has 0 bridgehead atoms. The Hall–Kier alpha value is -2.88. The zero-order chi connectivity index (χ0) is 22.7. The molecule has 3 heteroatoms. The van der Waals surface area contributed by atoms with Gasteiger partial charge in [-0.2, -0.15) is 0 Å². The summed E-state index contributed by atoms with van der Waals surface area (Å²) in [5, 5.41) is 12.4. The van der Waals surface area contributed by atoms with Crippen LogP contribution in [0.3, 0.4) is 0 Å². The summed E-state index contributed by atoms with van der Waals surface area (Å²) in [6, 6.07) is 25.8. The first-order valence-corrected chi connectivity index (χ1v) is 11.7. The van der Waals surface area contributed by atoms with Crippen molar-refractivity contribution < 1.29 is 5.11 Å². The predicted octanol–water partition coefficient (Wildman–Crippen LogP) is 6.29. The number of aliphatic hydroxyl groups excluding tert-OH is 1. The van der Waals surface area contributed by atoms with Crippen molar-refractivity contribution in [2.24, 2.45) is 0 Å². The summed E-state index contributed by atoms with van der Waals surface area (Å²) in [4.78, 5) is 2.29. The van der Waals surface area contributed by atoms with Gasteiger partial charge in [-0.05, 0) is 49.7 Å². The molecule has 0 aliphatic heterocycles. The molecule has 0 fully saturated rings. The molecule has 0 saturated heterocycles. The quantitative estimate of drug-likeness (QED) is 0.358. The monoisotopic (exact) mass is 426 g/mol. The summed E-state index contributed by atoms with van der Waals surface area (Å²) in [6.07, 6.45) is -0.447. The van der Waals surface area contributed by atoms with Crippen molar-refractivity contribution >= 4 is 10.9 Å². The van der Waals surface area contributed by atoms with Gasteiger partial charge in [0.05, 0.1) is 23.9 Å². The number of benzene rings is 3. The smallest absolute Gasteiger partial charge is 0.0845 e. The third-order valence-corrected chi connectivity index (χ3v) is 6.36. The Kier molecular flexibility index (Phi) is 6.78. The summed E-state index contributed by atoms with van der Waals surface area (Å²) in [5.74, 6) is 0. The van der Waals surface area contributed by atoms with E-state index in [1.54, 1.807) is 0 Å². The van der Waals surface area contributed by atoms with Gasteiger partial charge in [-0.1, -0.05) is 86.1 Å². The first-order valence-electron chi connectivity index (χ1n) is 11.7. The van der Waals surface area contributed by atoms with E-state index < -0.39 is 6.10 Å². The molecule has 0 aliphatic rings. The highest BCUT2D eigenvalue weighted by Gasteiger charge is 2.23. The molecule has 1 heterocycles. The Bertz CT molecular complexity index is 1170. The minimum atomic E-state index is -0.447. The van der Waals surface area contributed by atoms with E-state index in [1.807, 2.05) is 0 Å². The van der Waals surface area contributed by atoms with Crippen molar-refractivity contribution in [1.29, 1.82) is 0 Å². The summed E-state index contributed by atoms with van der Waals surface area (Å²) in [6.45, 7) is 11.8. The Morgan fingerprint density at radius 3 is 2.03 bits per heavy atom. The van der Waals surface area contributed by atoms with Crippen molar-refractivity contribution in [3.8, 4) is 22.4 Å². The molecule has 1 aromatic heterocycles. The molecule has 0 amide bonds. The van der Waals surface area contributed by atoms with E-state index >= 15 is 0 Å². The zero-order valence-electron chi connectivity index (χ0n) is 19.7. The van der Waals surface area contributed by atoms with Gasteiger partial charge in [0.2, 0.25) is 0 Å². The summed E-state index contributed by atoms with van der Waals surface area (Å²) >= 11 is 0. The maximum absolute atomic E-state index is 11.1. The van der Waals surface area contributed by atoms with Gasteiger partial charge in [-0.3, -0.25) is 0 Å². The average Bonchev–Trinajstić information content (AvgIpc) is 3.12. The van der Waals surface area contributed by atoms with Crippen LogP contribution in [0.2, 0.25) is 0 Å². The summed E-state index contributed by atoms with van der Waals surface area (Å²) in [7, 11) is 0. The zero-order valence-corrected chi connectivity index (χ0v) is 19.7. The van der Waals surface area contributed by atoms with E-state index in [0.717, 1.165) is 13.1 Å². The minimum Gasteiger partial charge on any atom is -0.390 e. The van der Waals surface area contributed by atoms with Gasteiger partial charge in [0, 0.05) is 17.5 Å². The van der Waals surface area contributed by atoms with E-state index in [9.17, 15) is 5.11 Å². The number of hydrogen-bond acceptors (Lipinski definition) is 2. The molecule has 0 spiro atoms. The van der Waals surface area contributed by atoms with Crippen LogP contribution < -0.4 is 0 Å². The molecule has 1 atom stereocenters. The Labute approximate surface area is 191 Å². The van der Waals surface area contributed by atoms with Crippen molar-refractivity contribution in [3.63, 3.8) is 0 Å². The Balaban J connectivity index is 1.99. The third-order valence-electron chi connectivity index (χ3n) is 6.36. The molecular formula is C29H34N2O. The Morgan fingerprint density at radius 2 is 1.44 bits per heavy atom. The number of likely N-dealkylation sites (N-methyl/N-ethyl adjacent to an activating group) is 1. The van der Waals surface area contributed by atoms with Crippen LogP contribution in [0.4, 0.5) is 0 Å². The topological polar surface area (TPSA) is 28.4 Å². The summed E-state index contributed by atoms with van der Waals surface area (Å²) in [5.41, 5.74) is 8.52. The number of aliphatic hydroxyl groups is 1. The third kappa shape index (κ3) is 4.36. The van der Waals surface area contributed by atoms with Crippen molar-refractivity contribution in [2.45, 2.75) is 40.3 Å². The highest BCUT2D eigenvalue weighted by molar-refractivity contribution is 6.06. The molecule has 0 saturated carbocycles. The second-order valence-corrected chi connectivity index (χ2v) is 8.68. The van der Waals surface area contributed by atoms with Crippen molar-refractivity contribution in [2.75, 3.05) is 19.6 Å². The SMILES string of the molecule is CCN(CC)C[C@H](O)Cn1c(-c2ccccc2)c(-c2ccccc2)c2cc(C)cc(C)c21. The van der Waals surface area contributed by atoms with E-state index in [2.05, 4.69) is 110 Å². The molecule has 0 unspecified atom stereocenters. The largest absolute Gasteiger partial charge is 0.390 e. The fraction of sp³-hybridized carbons (Fsp3) is 0.310. The predicted molar refractivity (Wildman–Crippen MR) is 136 cm³/mol. The van der Waals surface area contributed by atoms with Gasteiger partial charge in [-0.25, -0.2) is 0 Å². The standard InChI is InChI=1S/C29H34N2O/c1-5-30(6-2)19-25(32)20-31-28-22(4)17-21(3)18-26(28)27(23-13-9-7-10-14-23)29(31)24-15-11-8-12-16-24/h7-18,25,32H,5-6,19-20H2,1-4H3/t25-/m0/s1. The molecular weight excluding hydrogens is 392 g/mol. The molecule has 32 heavy (non-hydrogen) atoms. The lowest BCUT2D eigenvalue weighted by Gasteiger charge is -2.24. The molecule has 4 rings (SSSR count). The average molecular weight is 427 g/mol. The van der Waals surface area contributed by atoms with Crippen LogP contribution in [0, 0.1) is 13.8 Å². The van der Waals surface area contributed by atoms with E-state index in [-0.39, 0.29) is 0 Å². The molecule has 4 aromatic rings. The lowest BCUT2D eigenvalue weighted by molar-refractivity contribution is 0.104. The van der Waals surface area contributed by atoms with Crippen LogP contribution in [-0.2, 0) is 6.54 Å². The van der Waals surface area contributed by atoms with Gasteiger partial charge in [0.15, 0.2) is 0 Å². The molecule has 166 valence electrons. The number of nitrogens with zero attached hydrogens (tertiary/aromatic N) is 2. The lowest BCUT2D eigenvalue weighted by atomic mass is 9.97. The van der Waals surface area contributed by atoms with Gasteiger partial charge >= 0.3 is 0 Å². The molecule has 3 nitrogen and oxygen atoms in total. The number of rotatable bonds is 8. The second-order valence-electron chi connectivity index (χ2n) is 8.68. The highest BCUT2D eigenvalue weighted by Crippen LogP contribution is 2.42. The number of aromatic nitrogens is 1. The number of hydrogen-bond donors (Lipinski definition) is 1. The van der Waals surface area contributed by atoms with Gasteiger partial charge < -0.3 is 14.6 Å². The van der Waals surface area contributed by atoms with Crippen molar-refractivity contribution in [1.82, 2.24) is 9.47 Å². The fourth-order valence-electron chi connectivity index (χ4n) is 4.91. The fourth-order valence-corrected chi connectivity index (χ4v) is 4.91. The molecule has 3 aromatic carbocycles. The summed E-state index contributed by atoms with van der Waals surface area (Å²) < 4.78 is 2.36. The maximum atomic E-state index is 11.1. The lowest BCUT2D eigenvalue weighted by Crippen LogP contribution is -2.34. The first-order chi connectivity index (χ1) is 15.5. The molecule has 0 radical (unpaired) electrons. The van der Waals surface area contributed by atoms with Crippen LogP contribution in [0.5, 0.6) is 0 Å². The minimum absolute atomic E-state index is 0.447. The maximum Gasteiger partial charge on any atom is 0.0845 e. The second kappa shape index (κ2) is 9.72. The van der Waals surface area contributed by atoms with E-state index in [4.69, 9.17) is 0 Å². The molecule has 1 N–H and O–H groups in total. The number of aryl methyl sites for hydroxylation is 2.